The van der Waals surface area contributed by atoms with E-state index >= 15 is 0 Å². The first-order valence-corrected chi connectivity index (χ1v) is 7.27. The summed E-state index contributed by atoms with van der Waals surface area (Å²) in [6, 6.07) is 4.46. The second-order valence-electron chi connectivity index (χ2n) is 4.99. The molecule has 0 radical (unpaired) electrons. The Morgan fingerprint density at radius 3 is 2.44 bits per heavy atom. The summed E-state index contributed by atoms with van der Waals surface area (Å²) in [5.41, 5.74) is 0.350. The second-order valence-corrected chi connectivity index (χ2v) is 5.94. The van der Waals surface area contributed by atoms with Crippen molar-refractivity contribution < 1.29 is 0 Å². The van der Waals surface area contributed by atoms with Crippen molar-refractivity contribution in [1.82, 2.24) is 5.32 Å². The van der Waals surface area contributed by atoms with E-state index in [1.807, 2.05) is 11.3 Å². The summed E-state index contributed by atoms with van der Waals surface area (Å²) in [6.07, 6.45) is 2.43. The highest BCUT2D eigenvalue weighted by Crippen LogP contribution is 2.34. The lowest BCUT2D eigenvalue weighted by Crippen LogP contribution is -2.38. The molecule has 1 N–H and O–H groups in total. The molecule has 0 aromatic carbocycles. The van der Waals surface area contributed by atoms with E-state index in [-0.39, 0.29) is 0 Å². The molecule has 0 aliphatic rings. The van der Waals surface area contributed by atoms with Crippen LogP contribution in [0.1, 0.15) is 45.4 Å². The summed E-state index contributed by atoms with van der Waals surface area (Å²) in [7, 11) is 0. The Labute approximate surface area is 104 Å². The highest BCUT2D eigenvalue weighted by molar-refractivity contribution is 7.10. The third kappa shape index (κ3) is 3.33. The summed E-state index contributed by atoms with van der Waals surface area (Å²) in [5, 5.41) is 5.81. The first kappa shape index (κ1) is 13.7. The molecule has 0 spiro atoms. The average Bonchev–Trinajstić information content (AvgIpc) is 2.78. The third-order valence-corrected chi connectivity index (χ3v) is 4.53. The van der Waals surface area contributed by atoms with Crippen LogP contribution in [0, 0.1) is 5.92 Å². The molecule has 0 fully saturated rings. The predicted molar refractivity (Wildman–Crippen MR) is 74.3 cm³/mol. The van der Waals surface area contributed by atoms with Gasteiger partial charge in [-0.25, -0.2) is 0 Å². The van der Waals surface area contributed by atoms with Crippen molar-refractivity contribution in [3.05, 3.63) is 22.4 Å². The van der Waals surface area contributed by atoms with Crippen LogP contribution < -0.4 is 5.32 Å². The fourth-order valence-electron chi connectivity index (χ4n) is 2.12. The van der Waals surface area contributed by atoms with Gasteiger partial charge in [0, 0.05) is 16.8 Å². The molecule has 0 aliphatic carbocycles. The van der Waals surface area contributed by atoms with Gasteiger partial charge in [-0.15, -0.1) is 11.3 Å². The van der Waals surface area contributed by atoms with E-state index in [1.165, 1.54) is 17.7 Å². The predicted octanol–water partition coefficient (Wildman–Crippen LogP) is 4.05. The first-order chi connectivity index (χ1) is 7.64. The molecule has 1 aromatic rings. The van der Waals surface area contributed by atoms with Crippen LogP contribution in [0.3, 0.4) is 0 Å². The zero-order chi connectivity index (χ0) is 12.0. The largest absolute Gasteiger partial charge is 0.316 e. The van der Waals surface area contributed by atoms with E-state index in [0.29, 0.717) is 5.41 Å². The maximum atomic E-state index is 3.62. The molecule has 0 saturated carbocycles. The quantitative estimate of drug-likeness (QED) is 0.757. The van der Waals surface area contributed by atoms with Gasteiger partial charge >= 0.3 is 0 Å². The zero-order valence-corrected chi connectivity index (χ0v) is 11.9. The van der Waals surface area contributed by atoms with Crippen molar-refractivity contribution >= 4 is 11.3 Å². The van der Waals surface area contributed by atoms with Crippen molar-refractivity contribution in [2.24, 2.45) is 5.92 Å². The number of rotatable bonds is 7. The molecule has 1 nitrogen and oxygen atoms in total. The Morgan fingerprint density at radius 1 is 1.31 bits per heavy atom. The summed E-state index contributed by atoms with van der Waals surface area (Å²) in [5.74, 6) is 0.731. The van der Waals surface area contributed by atoms with Crippen LogP contribution >= 0.6 is 11.3 Å². The smallest absolute Gasteiger partial charge is 0.0166 e. The standard InChI is InChI=1S/C14H25NS/c1-5-14(6-2,11-15-10-12(3)4)13-8-7-9-16-13/h7-9,12,15H,5-6,10-11H2,1-4H3. The maximum absolute atomic E-state index is 3.62. The minimum Gasteiger partial charge on any atom is -0.316 e. The molecule has 0 atom stereocenters. The van der Waals surface area contributed by atoms with Gasteiger partial charge in [0.25, 0.3) is 0 Å². The summed E-state index contributed by atoms with van der Waals surface area (Å²) < 4.78 is 0. The molecule has 0 aliphatic heterocycles. The Kier molecular flexibility index (Phi) is 5.50. The van der Waals surface area contributed by atoms with Crippen LogP contribution in [0.4, 0.5) is 0 Å². The van der Waals surface area contributed by atoms with Crippen molar-refractivity contribution in [3.63, 3.8) is 0 Å². The molecular weight excluding hydrogens is 214 g/mol. The topological polar surface area (TPSA) is 12.0 Å². The van der Waals surface area contributed by atoms with Crippen molar-refractivity contribution in [3.8, 4) is 0 Å². The van der Waals surface area contributed by atoms with Crippen LogP contribution in [-0.4, -0.2) is 13.1 Å². The Bertz CT molecular complexity index is 273. The van der Waals surface area contributed by atoms with Gasteiger partial charge in [-0.1, -0.05) is 33.8 Å². The Balaban J connectivity index is 2.66. The molecule has 0 saturated heterocycles. The highest BCUT2D eigenvalue weighted by Gasteiger charge is 2.28. The van der Waals surface area contributed by atoms with Crippen LogP contribution in [0.2, 0.25) is 0 Å². The summed E-state index contributed by atoms with van der Waals surface area (Å²) in [4.78, 5) is 1.54. The molecule has 0 amide bonds. The number of nitrogens with one attached hydrogen (secondary N) is 1. The molecule has 16 heavy (non-hydrogen) atoms. The lowest BCUT2D eigenvalue weighted by molar-refractivity contribution is 0.365. The van der Waals surface area contributed by atoms with Gasteiger partial charge in [0.1, 0.15) is 0 Å². The molecule has 0 unspecified atom stereocenters. The molecule has 2 heteroatoms. The van der Waals surface area contributed by atoms with Gasteiger partial charge in [0.05, 0.1) is 0 Å². The van der Waals surface area contributed by atoms with Crippen LogP contribution in [0.15, 0.2) is 17.5 Å². The second kappa shape index (κ2) is 6.41. The fraction of sp³-hybridized carbons (Fsp3) is 0.714. The van der Waals surface area contributed by atoms with E-state index in [4.69, 9.17) is 0 Å². The van der Waals surface area contributed by atoms with Gasteiger partial charge in [-0.05, 0) is 36.8 Å². The zero-order valence-electron chi connectivity index (χ0n) is 11.0. The van der Waals surface area contributed by atoms with Gasteiger partial charge in [0.2, 0.25) is 0 Å². The van der Waals surface area contributed by atoms with E-state index in [1.54, 1.807) is 0 Å². The van der Waals surface area contributed by atoms with Gasteiger partial charge in [-0.3, -0.25) is 0 Å². The lowest BCUT2D eigenvalue weighted by atomic mass is 9.80. The van der Waals surface area contributed by atoms with Gasteiger partial charge < -0.3 is 5.32 Å². The Hall–Kier alpha value is -0.340. The van der Waals surface area contributed by atoms with Crippen LogP contribution in [0.25, 0.3) is 0 Å². The lowest BCUT2D eigenvalue weighted by Gasteiger charge is -2.31. The normalized spacial score (nSPS) is 12.3. The minimum atomic E-state index is 0.350. The number of hydrogen-bond acceptors (Lipinski definition) is 2. The van der Waals surface area contributed by atoms with Crippen LogP contribution in [-0.2, 0) is 5.41 Å². The number of hydrogen-bond donors (Lipinski definition) is 1. The fourth-order valence-corrected chi connectivity index (χ4v) is 3.19. The van der Waals surface area contributed by atoms with Crippen molar-refractivity contribution in [1.29, 1.82) is 0 Å². The summed E-state index contributed by atoms with van der Waals surface area (Å²) >= 11 is 1.90. The van der Waals surface area contributed by atoms with Gasteiger partial charge in [-0.2, -0.15) is 0 Å². The van der Waals surface area contributed by atoms with Gasteiger partial charge in [0.15, 0.2) is 0 Å². The SMILES string of the molecule is CCC(CC)(CNCC(C)C)c1cccs1. The molecule has 92 valence electrons. The first-order valence-electron chi connectivity index (χ1n) is 6.39. The van der Waals surface area contributed by atoms with Crippen molar-refractivity contribution in [2.45, 2.75) is 46.0 Å². The highest BCUT2D eigenvalue weighted by atomic mass is 32.1. The molecular formula is C14H25NS. The maximum Gasteiger partial charge on any atom is 0.0166 e. The molecule has 1 rings (SSSR count). The van der Waals surface area contributed by atoms with E-state index in [2.05, 4.69) is 50.5 Å². The number of thiophene rings is 1. The molecule has 0 bridgehead atoms. The van der Waals surface area contributed by atoms with E-state index < -0.39 is 0 Å². The monoisotopic (exact) mass is 239 g/mol. The van der Waals surface area contributed by atoms with Crippen LogP contribution in [0.5, 0.6) is 0 Å². The third-order valence-electron chi connectivity index (χ3n) is 3.41. The van der Waals surface area contributed by atoms with E-state index in [0.717, 1.165) is 19.0 Å². The average molecular weight is 239 g/mol. The summed E-state index contributed by atoms with van der Waals surface area (Å²) in [6.45, 7) is 11.4. The van der Waals surface area contributed by atoms with E-state index in [9.17, 15) is 0 Å². The molecule has 1 heterocycles. The molecule has 1 aromatic heterocycles. The van der Waals surface area contributed by atoms with Crippen molar-refractivity contribution in [2.75, 3.05) is 13.1 Å². The Morgan fingerprint density at radius 2 is 2.00 bits per heavy atom. The minimum absolute atomic E-state index is 0.350.